The summed E-state index contributed by atoms with van der Waals surface area (Å²) in [6.07, 6.45) is 0.354. The molecule has 0 bridgehead atoms. The Bertz CT molecular complexity index is 1220. The van der Waals surface area contributed by atoms with Crippen LogP contribution in [-0.4, -0.2) is 17.6 Å². The topological polar surface area (TPSA) is 31.2 Å². The SMILES string of the molecule is COC(=O)CC1(C)Cn2c(c(-c3ccccc3)c3ccccc32)-c2ccccc21. The third-order valence-electron chi connectivity index (χ3n) is 6.14. The van der Waals surface area contributed by atoms with Gasteiger partial charge in [-0.2, -0.15) is 0 Å². The van der Waals surface area contributed by atoms with E-state index in [2.05, 4.69) is 90.4 Å². The largest absolute Gasteiger partial charge is 0.469 e. The van der Waals surface area contributed by atoms with Crippen LogP contribution in [0.15, 0.2) is 78.9 Å². The smallest absolute Gasteiger partial charge is 0.306 e. The average molecular weight is 381 g/mol. The van der Waals surface area contributed by atoms with Gasteiger partial charge in [-0.15, -0.1) is 0 Å². The summed E-state index contributed by atoms with van der Waals surface area (Å²) in [5.41, 5.74) is 6.98. The first-order valence-electron chi connectivity index (χ1n) is 9.96. The molecule has 1 aliphatic heterocycles. The second kappa shape index (κ2) is 6.63. The fraction of sp³-hybridized carbons (Fsp3) is 0.192. The molecule has 1 aliphatic rings. The van der Waals surface area contributed by atoms with Gasteiger partial charge in [0.15, 0.2) is 0 Å². The van der Waals surface area contributed by atoms with Gasteiger partial charge < -0.3 is 9.30 Å². The quantitative estimate of drug-likeness (QED) is 0.419. The highest BCUT2D eigenvalue weighted by molar-refractivity contribution is 6.05. The Morgan fingerprint density at radius 1 is 0.966 bits per heavy atom. The van der Waals surface area contributed by atoms with E-state index in [1.165, 1.54) is 46.0 Å². The maximum atomic E-state index is 12.3. The number of hydrogen-bond acceptors (Lipinski definition) is 2. The van der Waals surface area contributed by atoms with E-state index in [0.29, 0.717) is 6.42 Å². The number of methoxy groups -OCH3 is 1. The van der Waals surface area contributed by atoms with E-state index in [1.807, 2.05) is 0 Å². The van der Waals surface area contributed by atoms with Gasteiger partial charge in [-0.3, -0.25) is 4.79 Å². The van der Waals surface area contributed by atoms with E-state index >= 15 is 0 Å². The lowest BCUT2D eigenvalue weighted by Gasteiger charge is -2.37. The van der Waals surface area contributed by atoms with Crippen molar-refractivity contribution in [1.29, 1.82) is 0 Å². The zero-order valence-corrected chi connectivity index (χ0v) is 16.7. The number of carbonyl (C=O) groups is 1. The first-order chi connectivity index (χ1) is 14.1. The van der Waals surface area contributed by atoms with Crippen LogP contribution < -0.4 is 0 Å². The molecule has 1 atom stereocenters. The fourth-order valence-electron chi connectivity index (χ4n) is 4.84. The van der Waals surface area contributed by atoms with Crippen molar-refractivity contribution in [3.63, 3.8) is 0 Å². The molecule has 3 nitrogen and oxygen atoms in total. The molecule has 0 fully saturated rings. The predicted octanol–water partition coefficient (Wildman–Crippen LogP) is 5.81. The van der Waals surface area contributed by atoms with Crippen molar-refractivity contribution >= 4 is 16.9 Å². The Labute approximate surface area is 170 Å². The molecule has 0 N–H and O–H groups in total. The van der Waals surface area contributed by atoms with E-state index in [9.17, 15) is 4.79 Å². The third-order valence-corrected chi connectivity index (χ3v) is 6.14. The Morgan fingerprint density at radius 3 is 2.45 bits per heavy atom. The first kappa shape index (κ1) is 17.7. The molecular formula is C26H23NO2. The van der Waals surface area contributed by atoms with Gasteiger partial charge in [0.25, 0.3) is 0 Å². The summed E-state index contributed by atoms with van der Waals surface area (Å²) in [6.45, 7) is 2.91. The lowest BCUT2D eigenvalue weighted by molar-refractivity contribution is -0.142. The Kier molecular flexibility index (Phi) is 4.06. The maximum absolute atomic E-state index is 12.3. The number of fused-ring (bicyclic) bond motifs is 5. The van der Waals surface area contributed by atoms with Gasteiger partial charge in [-0.05, 0) is 17.2 Å². The minimum absolute atomic E-state index is 0.175. The van der Waals surface area contributed by atoms with Gasteiger partial charge in [0, 0.05) is 34.0 Å². The molecule has 3 aromatic carbocycles. The number of rotatable bonds is 3. The molecule has 1 unspecified atom stereocenters. The summed E-state index contributed by atoms with van der Waals surface area (Å²) in [7, 11) is 1.46. The minimum atomic E-state index is -0.327. The second-order valence-corrected chi connectivity index (χ2v) is 8.05. The van der Waals surface area contributed by atoms with E-state index in [1.54, 1.807) is 0 Å². The summed E-state index contributed by atoms with van der Waals surface area (Å²) in [5, 5.41) is 1.24. The Morgan fingerprint density at radius 2 is 1.66 bits per heavy atom. The van der Waals surface area contributed by atoms with E-state index in [4.69, 9.17) is 4.74 Å². The molecule has 5 rings (SSSR count). The van der Waals surface area contributed by atoms with Gasteiger partial charge in [0.1, 0.15) is 0 Å². The van der Waals surface area contributed by atoms with Crippen LogP contribution in [0, 0.1) is 0 Å². The van der Waals surface area contributed by atoms with Crippen molar-refractivity contribution in [1.82, 2.24) is 4.57 Å². The zero-order valence-electron chi connectivity index (χ0n) is 16.7. The van der Waals surface area contributed by atoms with Crippen LogP contribution in [0.5, 0.6) is 0 Å². The van der Waals surface area contributed by atoms with Gasteiger partial charge in [-0.25, -0.2) is 0 Å². The van der Waals surface area contributed by atoms with Crippen LogP contribution in [0.25, 0.3) is 33.3 Å². The average Bonchev–Trinajstić information content (AvgIpc) is 3.08. The zero-order chi connectivity index (χ0) is 20.0. The summed E-state index contributed by atoms with van der Waals surface area (Å²) >= 11 is 0. The molecule has 0 saturated heterocycles. The minimum Gasteiger partial charge on any atom is -0.469 e. The summed E-state index contributed by atoms with van der Waals surface area (Å²) in [4.78, 5) is 12.3. The van der Waals surface area contributed by atoms with Crippen LogP contribution in [0.3, 0.4) is 0 Å². The lowest BCUT2D eigenvalue weighted by Crippen LogP contribution is -2.35. The highest BCUT2D eigenvalue weighted by Gasteiger charge is 2.39. The molecule has 0 radical (unpaired) electrons. The highest BCUT2D eigenvalue weighted by atomic mass is 16.5. The normalized spacial score (nSPS) is 17.6. The number of hydrogen-bond donors (Lipinski definition) is 0. The van der Waals surface area contributed by atoms with Crippen molar-refractivity contribution in [2.24, 2.45) is 0 Å². The first-order valence-corrected chi connectivity index (χ1v) is 9.96. The fourth-order valence-corrected chi connectivity index (χ4v) is 4.84. The number of esters is 1. The van der Waals surface area contributed by atoms with E-state index in [0.717, 1.165) is 6.54 Å². The van der Waals surface area contributed by atoms with Crippen molar-refractivity contribution in [2.75, 3.05) is 7.11 Å². The Hall–Kier alpha value is -3.33. The lowest BCUT2D eigenvalue weighted by atomic mass is 9.74. The molecule has 1 aromatic heterocycles. The van der Waals surface area contributed by atoms with E-state index < -0.39 is 0 Å². The van der Waals surface area contributed by atoms with Crippen LogP contribution in [0.4, 0.5) is 0 Å². The summed E-state index contributed by atoms with van der Waals surface area (Å²) in [6, 6.07) is 27.6. The van der Waals surface area contributed by atoms with Crippen molar-refractivity contribution < 1.29 is 9.53 Å². The standard InChI is InChI=1S/C26H23NO2/c1-26(16-23(28)29-2)17-27-22-15-9-7-13-20(22)24(18-10-4-3-5-11-18)25(27)19-12-6-8-14-21(19)26/h3-15H,16-17H2,1-2H3. The van der Waals surface area contributed by atoms with Crippen LogP contribution in [0.2, 0.25) is 0 Å². The van der Waals surface area contributed by atoms with E-state index in [-0.39, 0.29) is 11.4 Å². The molecule has 2 heterocycles. The number of ether oxygens (including phenoxy) is 1. The number of aromatic nitrogens is 1. The maximum Gasteiger partial charge on any atom is 0.306 e. The molecule has 0 amide bonds. The van der Waals surface area contributed by atoms with Crippen molar-refractivity contribution in [3.05, 3.63) is 84.4 Å². The molecule has 29 heavy (non-hydrogen) atoms. The van der Waals surface area contributed by atoms with Crippen LogP contribution >= 0.6 is 0 Å². The van der Waals surface area contributed by atoms with Crippen molar-refractivity contribution in [2.45, 2.75) is 25.3 Å². The van der Waals surface area contributed by atoms with Gasteiger partial charge >= 0.3 is 5.97 Å². The van der Waals surface area contributed by atoms with Crippen LogP contribution in [0.1, 0.15) is 18.9 Å². The molecule has 0 aliphatic carbocycles. The summed E-state index contributed by atoms with van der Waals surface area (Å²) < 4.78 is 7.43. The Balaban J connectivity index is 1.85. The highest BCUT2D eigenvalue weighted by Crippen LogP contribution is 2.49. The second-order valence-electron chi connectivity index (χ2n) is 8.05. The van der Waals surface area contributed by atoms with Gasteiger partial charge in [-0.1, -0.05) is 79.7 Å². The van der Waals surface area contributed by atoms with Crippen LogP contribution in [-0.2, 0) is 21.5 Å². The molecule has 4 aromatic rings. The molecular weight excluding hydrogens is 358 g/mol. The summed E-state index contributed by atoms with van der Waals surface area (Å²) in [5.74, 6) is -0.175. The number of para-hydroxylation sites is 1. The third kappa shape index (κ3) is 2.69. The molecule has 144 valence electrons. The number of carbonyl (C=O) groups excluding carboxylic acids is 1. The number of nitrogens with zero attached hydrogens (tertiary/aromatic N) is 1. The molecule has 3 heteroatoms. The van der Waals surface area contributed by atoms with Gasteiger partial charge in [0.05, 0.1) is 19.2 Å². The van der Waals surface area contributed by atoms with Crippen molar-refractivity contribution in [3.8, 4) is 22.4 Å². The monoisotopic (exact) mass is 381 g/mol. The predicted molar refractivity (Wildman–Crippen MR) is 117 cm³/mol. The number of benzene rings is 3. The van der Waals surface area contributed by atoms with Gasteiger partial charge in [0.2, 0.25) is 0 Å². The molecule has 0 spiro atoms. The molecule has 0 saturated carbocycles.